The van der Waals surface area contributed by atoms with Crippen LogP contribution in [0.3, 0.4) is 0 Å². The van der Waals surface area contributed by atoms with E-state index in [-0.39, 0.29) is 30.8 Å². The Morgan fingerprint density at radius 3 is 2.47 bits per heavy atom. The maximum absolute atomic E-state index is 13.8. The van der Waals surface area contributed by atoms with Gasteiger partial charge in [0.15, 0.2) is 11.5 Å². The van der Waals surface area contributed by atoms with E-state index in [9.17, 15) is 22.8 Å². The number of amides is 2. The second kappa shape index (κ2) is 10.8. The van der Waals surface area contributed by atoms with Crippen LogP contribution in [-0.2, 0) is 10.9 Å². The minimum absolute atomic E-state index is 0.0966. The van der Waals surface area contributed by atoms with E-state index in [1.165, 1.54) is 19.2 Å². The van der Waals surface area contributed by atoms with Crippen LogP contribution in [0.25, 0.3) is 5.82 Å². The van der Waals surface area contributed by atoms with Crippen LogP contribution in [0.2, 0.25) is 0 Å². The van der Waals surface area contributed by atoms with Crippen LogP contribution in [0.15, 0.2) is 18.3 Å². The van der Waals surface area contributed by atoms with Gasteiger partial charge in [-0.15, -0.1) is 10.2 Å². The summed E-state index contributed by atoms with van der Waals surface area (Å²) in [4.78, 5) is 24.3. The number of ether oxygens (including phenoxy) is 2. The number of alkyl carbamates (subject to hydrolysis) is 1. The van der Waals surface area contributed by atoms with Crippen molar-refractivity contribution in [1.29, 1.82) is 0 Å². The average Bonchev–Trinajstić information content (AvgIpc) is 3.17. The fraction of sp³-hybridized carbons (Fsp3) is 0.526. The van der Waals surface area contributed by atoms with Crippen LogP contribution >= 0.6 is 0 Å². The normalized spacial score (nSPS) is 12.4. The molecule has 1 atom stereocenters. The van der Waals surface area contributed by atoms with Gasteiger partial charge in [-0.3, -0.25) is 4.79 Å². The van der Waals surface area contributed by atoms with E-state index < -0.39 is 35.5 Å². The maximum Gasteiger partial charge on any atom is 0.434 e. The molecule has 2 N–H and O–H groups in total. The minimum Gasteiger partial charge on any atom is -0.480 e. The van der Waals surface area contributed by atoms with E-state index in [1.807, 2.05) is 13.8 Å². The topological polar surface area (TPSA) is 120 Å². The fourth-order valence-electron chi connectivity index (χ4n) is 2.91. The molecule has 0 fully saturated rings. The van der Waals surface area contributed by atoms with Gasteiger partial charge in [0.2, 0.25) is 5.88 Å². The van der Waals surface area contributed by atoms with Gasteiger partial charge in [0, 0.05) is 18.7 Å². The van der Waals surface area contributed by atoms with E-state index in [1.54, 1.807) is 6.92 Å². The van der Waals surface area contributed by atoms with Crippen molar-refractivity contribution in [3.63, 3.8) is 0 Å². The number of halogens is 3. The molecule has 176 valence electrons. The molecule has 2 aromatic rings. The predicted molar refractivity (Wildman–Crippen MR) is 106 cm³/mol. The summed E-state index contributed by atoms with van der Waals surface area (Å²) in [7, 11) is 1.34. The van der Waals surface area contributed by atoms with E-state index in [4.69, 9.17) is 9.47 Å². The Morgan fingerprint density at radius 1 is 1.22 bits per heavy atom. The lowest BCUT2D eigenvalue weighted by Crippen LogP contribution is -2.44. The van der Waals surface area contributed by atoms with Gasteiger partial charge in [0.1, 0.15) is 0 Å². The first-order valence-corrected chi connectivity index (χ1v) is 9.81. The van der Waals surface area contributed by atoms with Crippen LogP contribution in [0.1, 0.15) is 43.2 Å². The van der Waals surface area contributed by atoms with Crippen LogP contribution in [0, 0.1) is 5.92 Å². The Bertz CT molecular complexity index is 915. The summed E-state index contributed by atoms with van der Waals surface area (Å²) in [5.41, 5.74) is -1.98. The molecular weight excluding hydrogens is 433 g/mol. The van der Waals surface area contributed by atoms with Gasteiger partial charge in [0.05, 0.1) is 25.5 Å². The van der Waals surface area contributed by atoms with Crippen molar-refractivity contribution < 1.29 is 32.2 Å². The van der Waals surface area contributed by atoms with E-state index in [0.29, 0.717) is 11.1 Å². The number of methoxy groups -OCH3 is 1. The number of carbonyl (C=O) groups is 2. The van der Waals surface area contributed by atoms with Gasteiger partial charge in [-0.2, -0.15) is 18.3 Å². The van der Waals surface area contributed by atoms with Gasteiger partial charge in [-0.25, -0.2) is 9.48 Å². The molecule has 0 bridgehead atoms. The first kappa shape index (κ1) is 24.9. The summed E-state index contributed by atoms with van der Waals surface area (Å²) in [5, 5.41) is 16.0. The Kier molecular flexibility index (Phi) is 8.38. The monoisotopic (exact) mass is 458 g/mol. The molecule has 13 heteroatoms. The highest BCUT2D eigenvalue weighted by atomic mass is 19.4. The number of nitrogens with one attached hydrogen (secondary N) is 2. The quantitative estimate of drug-likeness (QED) is 0.593. The Balaban J connectivity index is 2.24. The van der Waals surface area contributed by atoms with E-state index in [2.05, 4.69) is 25.9 Å². The van der Waals surface area contributed by atoms with Gasteiger partial charge >= 0.3 is 12.3 Å². The second-order valence-electron chi connectivity index (χ2n) is 7.15. The molecule has 0 aliphatic rings. The van der Waals surface area contributed by atoms with Crippen molar-refractivity contribution in [3.8, 4) is 11.7 Å². The minimum atomic E-state index is -4.90. The highest BCUT2D eigenvalue weighted by Crippen LogP contribution is 2.33. The number of hydrogen-bond acceptors (Lipinski definition) is 7. The number of hydrogen-bond donors (Lipinski definition) is 2. The lowest BCUT2D eigenvalue weighted by molar-refractivity contribution is -0.143. The van der Waals surface area contributed by atoms with Crippen molar-refractivity contribution in [3.05, 3.63) is 29.6 Å². The van der Waals surface area contributed by atoms with Gasteiger partial charge in [0.25, 0.3) is 5.91 Å². The molecule has 0 aromatic carbocycles. The maximum atomic E-state index is 13.8. The van der Waals surface area contributed by atoms with Crippen LogP contribution in [0.5, 0.6) is 5.88 Å². The molecule has 0 spiro atoms. The number of nitrogens with zero attached hydrogens (tertiary/aromatic N) is 4. The second-order valence-corrected chi connectivity index (χ2v) is 7.15. The van der Waals surface area contributed by atoms with Crippen molar-refractivity contribution in [2.45, 2.75) is 39.4 Å². The highest BCUT2D eigenvalue weighted by molar-refractivity contribution is 5.95. The summed E-state index contributed by atoms with van der Waals surface area (Å²) >= 11 is 0. The SMILES string of the molecule is CCOC(=O)NC(CNC(=O)c1cnn(-c2ccc(OC)nn2)c1C(F)(F)F)CC(C)C. The molecule has 0 aliphatic carbocycles. The van der Waals surface area contributed by atoms with Crippen LogP contribution in [0.4, 0.5) is 18.0 Å². The van der Waals surface area contributed by atoms with Crippen molar-refractivity contribution in [2.75, 3.05) is 20.3 Å². The zero-order valence-electron chi connectivity index (χ0n) is 18.1. The largest absolute Gasteiger partial charge is 0.480 e. The number of rotatable bonds is 9. The molecular formula is C19H25F3N6O4. The van der Waals surface area contributed by atoms with Crippen molar-refractivity contribution in [1.82, 2.24) is 30.6 Å². The van der Waals surface area contributed by atoms with Gasteiger partial charge < -0.3 is 20.1 Å². The predicted octanol–water partition coefficient (Wildman–Crippen LogP) is 2.58. The molecule has 2 aromatic heterocycles. The number of aromatic nitrogens is 4. The third-order valence-electron chi connectivity index (χ3n) is 4.20. The lowest BCUT2D eigenvalue weighted by Gasteiger charge is -2.21. The van der Waals surface area contributed by atoms with Crippen LogP contribution < -0.4 is 15.4 Å². The first-order chi connectivity index (χ1) is 15.1. The third-order valence-corrected chi connectivity index (χ3v) is 4.20. The van der Waals surface area contributed by atoms with E-state index >= 15 is 0 Å². The molecule has 2 rings (SSSR count). The molecule has 0 aliphatic heterocycles. The average molecular weight is 458 g/mol. The highest BCUT2D eigenvalue weighted by Gasteiger charge is 2.41. The fourth-order valence-corrected chi connectivity index (χ4v) is 2.91. The number of carbonyl (C=O) groups excluding carboxylic acids is 2. The Labute approximate surface area is 182 Å². The summed E-state index contributed by atoms with van der Waals surface area (Å²) in [6.45, 7) is 5.52. The van der Waals surface area contributed by atoms with Crippen molar-refractivity contribution in [2.24, 2.45) is 5.92 Å². The van der Waals surface area contributed by atoms with Crippen LogP contribution in [-0.4, -0.2) is 58.3 Å². The molecule has 0 saturated heterocycles. The smallest absolute Gasteiger partial charge is 0.434 e. The molecule has 2 heterocycles. The first-order valence-electron chi connectivity index (χ1n) is 9.81. The molecule has 0 radical (unpaired) electrons. The molecule has 32 heavy (non-hydrogen) atoms. The zero-order valence-corrected chi connectivity index (χ0v) is 18.1. The molecule has 1 unspecified atom stereocenters. The molecule has 0 saturated carbocycles. The van der Waals surface area contributed by atoms with E-state index in [0.717, 1.165) is 6.20 Å². The summed E-state index contributed by atoms with van der Waals surface area (Å²) in [6.07, 6.45) is -4.29. The third kappa shape index (κ3) is 6.56. The Morgan fingerprint density at radius 2 is 1.94 bits per heavy atom. The summed E-state index contributed by atoms with van der Waals surface area (Å²) in [5.74, 6) is -0.970. The lowest BCUT2D eigenvalue weighted by atomic mass is 10.0. The Hall–Kier alpha value is -3.38. The summed E-state index contributed by atoms with van der Waals surface area (Å²) < 4.78 is 51.5. The standard InChI is InChI=1S/C19H25F3N6O4/c1-5-32-18(30)25-12(8-11(2)3)9-23-17(29)13-10-24-28(16(13)19(20,21)22)14-6-7-15(31-4)27-26-14/h6-7,10-12H,5,8-9H2,1-4H3,(H,23,29)(H,25,30). The zero-order chi connectivity index (χ0) is 23.9. The number of alkyl halides is 3. The van der Waals surface area contributed by atoms with Gasteiger partial charge in [-0.1, -0.05) is 13.8 Å². The summed E-state index contributed by atoms with van der Waals surface area (Å²) in [6, 6.07) is 2.02. The molecule has 2 amide bonds. The van der Waals surface area contributed by atoms with Crippen molar-refractivity contribution >= 4 is 12.0 Å². The molecule has 10 nitrogen and oxygen atoms in total. The van der Waals surface area contributed by atoms with Gasteiger partial charge in [-0.05, 0) is 25.3 Å².